The fourth-order valence-electron chi connectivity index (χ4n) is 5.06. The van der Waals surface area contributed by atoms with Crippen molar-refractivity contribution >= 4 is 11.6 Å². The summed E-state index contributed by atoms with van der Waals surface area (Å²) in [6.07, 6.45) is 4.64. The van der Waals surface area contributed by atoms with E-state index in [0.29, 0.717) is 18.2 Å². The number of pyridine rings is 1. The van der Waals surface area contributed by atoms with E-state index in [4.69, 9.17) is 4.74 Å². The number of nitrogens with zero attached hydrogens (tertiary/aromatic N) is 2. The molecule has 0 unspecified atom stereocenters. The van der Waals surface area contributed by atoms with E-state index in [2.05, 4.69) is 16.8 Å². The summed E-state index contributed by atoms with van der Waals surface area (Å²) in [5.74, 6) is -2.05. The molecule has 3 aliphatic rings. The number of rotatable bonds is 3. The van der Waals surface area contributed by atoms with Crippen molar-refractivity contribution in [3.63, 3.8) is 0 Å². The lowest BCUT2D eigenvalue weighted by Crippen LogP contribution is -2.52. The van der Waals surface area contributed by atoms with Gasteiger partial charge < -0.3 is 19.5 Å². The molecule has 1 aliphatic carbocycles. The molecule has 1 saturated carbocycles. The van der Waals surface area contributed by atoms with Gasteiger partial charge in [-0.15, -0.1) is 0 Å². The smallest absolute Gasteiger partial charge is 0.257 e. The molecule has 2 aliphatic heterocycles. The quantitative estimate of drug-likeness (QED) is 0.818. The van der Waals surface area contributed by atoms with Crippen molar-refractivity contribution in [2.24, 2.45) is 0 Å². The Labute approximate surface area is 178 Å². The highest BCUT2D eigenvalue weighted by molar-refractivity contribution is 5.94. The van der Waals surface area contributed by atoms with Crippen LogP contribution in [-0.4, -0.2) is 33.7 Å². The van der Waals surface area contributed by atoms with Crippen LogP contribution in [-0.2, 0) is 17.8 Å². The third-order valence-corrected chi connectivity index (χ3v) is 6.56. The number of fused-ring (bicyclic) bond motifs is 5. The number of nitrogens with one attached hydrogen (secondary N) is 1. The van der Waals surface area contributed by atoms with Crippen LogP contribution in [0.25, 0.3) is 5.70 Å². The van der Waals surface area contributed by atoms with Crippen molar-refractivity contribution in [2.45, 2.75) is 57.6 Å². The van der Waals surface area contributed by atoms with Crippen molar-refractivity contribution in [3.05, 3.63) is 75.2 Å². The number of carbonyl (C=O) groups excluding carboxylic acids is 1. The SMILES string of the molecule is C=C1c2c(C)c(=O)c(C(=O)NCc3ccc(F)cc3F)cn2C[C@H]2O[C@@H]3CC[C@@H](C3)N12. The Morgan fingerprint density at radius 1 is 1.32 bits per heavy atom. The molecule has 2 aromatic rings. The van der Waals surface area contributed by atoms with Crippen molar-refractivity contribution in [1.82, 2.24) is 14.8 Å². The van der Waals surface area contributed by atoms with E-state index in [1.165, 1.54) is 12.3 Å². The van der Waals surface area contributed by atoms with Gasteiger partial charge >= 0.3 is 0 Å². The first-order chi connectivity index (χ1) is 14.8. The monoisotopic (exact) mass is 427 g/mol. The Balaban J connectivity index is 1.43. The van der Waals surface area contributed by atoms with E-state index in [1.54, 1.807) is 6.92 Å². The molecular formula is C23H23F2N3O3. The van der Waals surface area contributed by atoms with Gasteiger partial charge in [-0.05, 0) is 32.3 Å². The molecular weight excluding hydrogens is 404 g/mol. The predicted molar refractivity (Wildman–Crippen MR) is 110 cm³/mol. The topological polar surface area (TPSA) is 63.6 Å². The van der Waals surface area contributed by atoms with Crippen LogP contribution in [0.4, 0.5) is 8.78 Å². The Bertz CT molecular complexity index is 1160. The van der Waals surface area contributed by atoms with Gasteiger partial charge in [-0.2, -0.15) is 0 Å². The maximum Gasteiger partial charge on any atom is 0.257 e. The van der Waals surface area contributed by atoms with E-state index >= 15 is 0 Å². The summed E-state index contributed by atoms with van der Waals surface area (Å²) < 4.78 is 35.0. The van der Waals surface area contributed by atoms with Crippen LogP contribution < -0.4 is 10.7 Å². The Hall–Kier alpha value is -3.00. The van der Waals surface area contributed by atoms with Crippen molar-refractivity contribution < 1.29 is 18.3 Å². The van der Waals surface area contributed by atoms with Gasteiger partial charge in [0.05, 0.1) is 24.0 Å². The second-order valence-electron chi connectivity index (χ2n) is 8.45. The van der Waals surface area contributed by atoms with Crippen molar-refractivity contribution in [1.29, 1.82) is 0 Å². The number of hydrogen-bond donors (Lipinski definition) is 1. The van der Waals surface area contributed by atoms with E-state index in [9.17, 15) is 18.4 Å². The van der Waals surface area contributed by atoms with Gasteiger partial charge in [-0.25, -0.2) is 8.78 Å². The Morgan fingerprint density at radius 3 is 2.90 bits per heavy atom. The van der Waals surface area contributed by atoms with Gasteiger partial charge in [0, 0.05) is 36.0 Å². The Kier molecular flexibility index (Phi) is 4.69. The van der Waals surface area contributed by atoms with Crippen LogP contribution in [0.5, 0.6) is 0 Å². The molecule has 1 amide bonds. The van der Waals surface area contributed by atoms with Crippen LogP contribution in [0.15, 0.2) is 35.8 Å². The van der Waals surface area contributed by atoms with Gasteiger partial charge in [0.2, 0.25) is 0 Å². The molecule has 0 radical (unpaired) electrons. The number of halogens is 2. The molecule has 2 bridgehead atoms. The second kappa shape index (κ2) is 7.30. The molecule has 2 fully saturated rings. The van der Waals surface area contributed by atoms with E-state index in [0.717, 1.165) is 42.8 Å². The normalized spacial score (nSPS) is 24.0. The van der Waals surface area contributed by atoms with E-state index in [1.807, 2.05) is 4.57 Å². The summed E-state index contributed by atoms with van der Waals surface area (Å²) in [5.41, 5.74) is 1.64. The minimum Gasteiger partial charge on any atom is -0.353 e. The minimum atomic E-state index is -0.751. The number of benzene rings is 1. The number of hydrogen-bond acceptors (Lipinski definition) is 4. The maximum atomic E-state index is 13.9. The zero-order valence-electron chi connectivity index (χ0n) is 17.2. The number of carbonyl (C=O) groups is 1. The average Bonchev–Trinajstić information content (AvgIpc) is 3.10. The molecule has 6 nitrogen and oxygen atoms in total. The fourth-order valence-corrected chi connectivity index (χ4v) is 5.06. The number of amides is 1. The largest absolute Gasteiger partial charge is 0.353 e. The summed E-state index contributed by atoms with van der Waals surface area (Å²) in [5, 5.41) is 2.56. The first kappa shape index (κ1) is 19.9. The summed E-state index contributed by atoms with van der Waals surface area (Å²) >= 11 is 0. The highest BCUT2D eigenvalue weighted by Gasteiger charge is 2.44. The summed E-state index contributed by atoms with van der Waals surface area (Å²) in [6.45, 7) is 6.28. The molecule has 8 heteroatoms. The van der Waals surface area contributed by atoms with Gasteiger partial charge in [-0.3, -0.25) is 9.59 Å². The third kappa shape index (κ3) is 3.26. The van der Waals surface area contributed by atoms with Gasteiger partial charge in [0.15, 0.2) is 5.43 Å². The summed E-state index contributed by atoms with van der Waals surface area (Å²) in [6, 6.07) is 3.52. The summed E-state index contributed by atoms with van der Waals surface area (Å²) in [4.78, 5) is 27.9. The molecule has 1 saturated heterocycles. The first-order valence-corrected chi connectivity index (χ1v) is 10.4. The summed E-state index contributed by atoms with van der Waals surface area (Å²) in [7, 11) is 0. The second-order valence-corrected chi connectivity index (χ2v) is 8.45. The van der Waals surface area contributed by atoms with Crippen molar-refractivity contribution in [2.75, 3.05) is 0 Å². The van der Waals surface area contributed by atoms with Crippen molar-refractivity contribution in [3.8, 4) is 0 Å². The lowest BCUT2D eigenvalue weighted by atomic mass is 10.0. The fraction of sp³-hybridized carbons (Fsp3) is 0.391. The van der Waals surface area contributed by atoms with Crippen LogP contribution in [0.1, 0.15) is 46.4 Å². The maximum absolute atomic E-state index is 13.9. The molecule has 0 spiro atoms. The molecule has 3 heterocycles. The predicted octanol–water partition coefficient (Wildman–Crippen LogP) is 2.93. The standard InChI is InChI=1S/C23H23F2N3O3/c1-12-21-13(2)28-16-5-6-17(8-16)31-20(28)11-27(21)10-18(22(12)29)23(30)26-9-14-3-4-15(24)7-19(14)25/h3-4,7,10,16-17,20H,2,5-6,8-9,11H2,1H3,(H,26,30)/t16-,17+,20+/m0/s1. The number of ether oxygens (including phenoxy) is 1. The molecule has 1 N–H and O–H groups in total. The molecule has 162 valence electrons. The lowest BCUT2D eigenvalue weighted by Gasteiger charge is -2.47. The zero-order chi connectivity index (χ0) is 21.9. The Morgan fingerprint density at radius 2 is 2.13 bits per heavy atom. The van der Waals surface area contributed by atoms with Crippen LogP contribution >= 0.6 is 0 Å². The number of aromatic nitrogens is 1. The average molecular weight is 427 g/mol. The molecule has 1 aromatic heterocycles. The lowest BCUT2D eigenvalue weighted by molar-refractivity contribution is -0.125. The first-order valence-electron chi connectivity index (χ1n) is 10.4. The third-order valence-electron chi connectivity index (χ3n) is 6.56. The van der Waals surface area contributed by atoms with Gasteiger partial charge in [0.25, 0.3) is 5.91 Å². The highest BCUT2D eigenvalue weighted by Crippen LogP contribution is 2.42. The van der Waals surface area contributed by atoms with Crippen LogP contribution in [0.2, 0.25) is 0 Å². The highest BCUT2D eigenvalue weighted by atomic mass is 19.1. The molecule has 5 rings (SSSR count). The van der Waals surface area contributed by atoms with E-state index < -0.39 is 17.5 Å². The molecule has 1 aromatic carbocycles. The van der Waals surface area contributed by atoms with Crippen LogP contribution in [0, 0.1) is 18.6 Å². The van der Waals surface area contributed by atoms with E-state index in [-0.39, 0.29) is 35.4 Å². The molecule has 31 heavy (non-hydrogen) atoms. The minimum absolute atomic E-state index is 0.0243. The van der Waals surface area contributed by atoms with Crippen LogP contribution in [0.3, 0.4) is 0 Å². The van der Waals surface area contributed by atoms with Gasteiger partial charge in [0.1, 0.15) is 23.4 Å². The zero-order valence-corrected chi connectivity index (χ0v) is 17.2. The van der Waals surface area contributed by atoms with Gasteiger partial charge in [-0.1, -0.05) is 12.6 Å². The molecule has 3 atom stereocenters.